The van der Waals surface area contributed by atoms with Crippen LogP contribution in [0.3, 0.4) is 0 Å². The standard InChI is InChI=1S/C15H18N2OS2/c19-15(17-13-6-2-1-3-7-13)16-9-5-11-20-12-14-8-4-10-18-14/h1-4,6-8,10H,5,9,11-12H2,(H2,16,17,19). The third-order valence-electron chi connectivity index (χ3n) is 2.61. The molecule has 0 saturated heterocycles. The van der Waals surface area contributed by atoms with Crippen LogP contribution in [0, 0.1) is 0 Å². The molecule has 0 bridgehead atoms. The number of nitrogens with one attached hydrogen (secondary N) is 2. The van der Waals surface area contributed by atoms with Crippen LogP contribution in [0.2, 0.25) is 0 Å². The molecule has 0 amide bonds. The van der Waals surface area contributed by atoms with E-state index in [1.54, 1.807) is 6.26 Å². The molecule has 0 radical (unpaired) electrons. The van der Waals surface area contributed by atoms with E-state index in [1.807, 2.05) is 54.2 Å². The molecule has 1 aromatic carbocycles. The summed E-state index contributed by atoms with van der Waals surface area (Å²) in [4.78, 5) is 0. The number of thiocarbonyl (C=S) groups is 1. The second-order valence-electron chi connectivity index (χ2n) is 4.23. The lowest BCUT2D eigenvalue weighted by molar-refractivity contribution is 0.530. The molecule has 2 N–H and O–H groups in total. The van der Waals surface area contributed by atoms with Crippen molar-refractivity contribution in [1.29, 1.82) is 0 Å². The van der Waals surface area contributed by atoms with E-state index in [1.165, 1.54) is 0 Å². The fourth-order valence-corrected chi connectivity index (χ4v) is 2.72. The Morgan fingerprint density at radius 3 is 2.75 bits per heavy atom. The van der Waals surface area contributed by atoms with E-state index in [0.717, 1.165) is 35.9 Å². The normalized spacial score (nSPS) is 10.2. The van der Waals surface area contributed by atoms with Gasteiger partial charge in [0.2, 0.25) is 0 Å². The fraction of sp³-hybridized carbons (Fsp3) is 0.267. The first kappa shape index (κ1) is 14.9. The lowest BCUT2D eigenvalue weighted by atomic mass is 10.3. The zero-order chi connectivity index (χ0) is 14.0. The molecule has 0 aliphatic carbocycles. The van der Waals surface area contributed by atoms with Crippen LogP contribution in [0.25, 0.3) is 0 Å². The van der Waals surface area contributed by atoms with Gasteiger partial charge in [0.25, 0.3) is 0 Å². The number of thioether (sulfide) groups is 1. The first-order chi connectivity index (χ1) is 9.84. The maximum absolute atomic E-state index is 5.28. The Balaban J connectivity index is 1.51. The van der Waals surface area contributed by atoms with Crippen LogP contribution < -0.4 is 10.6 Å². The molecule has 1 heterocycles. The van der Waals surface area contributed by atoms with Gasteiger partial charge in [0.1, 0.15) is 5.76 Å². The maximum Gasteiger partial charge on any atom is 0.170 e. The maximum atomic E-state index is 5.28. The van der Waals surface area contributed by atoms with Gasteiger partial charge in [0.15, 0.2) is 5.11 Å². The van der Waals surface area contributed by atoms with Crippen LogP contribution in [0.1, 0.15) is 12.2 Å². The van der Waals surface area contributed by atoms with E-state index in [0.29, 0.717) is 5.11 Å². The summed E-state index contributed by atoms with van der Waals surface area (Å²) in [7, 11) is 0. The van der Waals surface area contributed by atoms with Gasteiger partial charge in [0.05, 0.1) is 12.0 Å². The van der Waals surface area contributed by atoms with Gasteiger partial charge in [-0.1, -0.05) is 18.2 Å². The van der Waals surface area contributed by atoms with E-state index < -0.39 is 0 Å². The monoisotopic (exact) mass is 306 g/mol. The molecule has 2 aromatic rings. The minimum absolute atomic E-state index is 0.673. The van der Waals surface area contributed by atoms with Gasteiger partial charge in [-0.3, -0.25) is 0 Å². The number of hydrogen-bond donors (Lipinski definition) is 2. The van der Waals surface area contributed by atoms with Crippen molar-refractivity contribution in [1.82, 2.24) is 5.32 Å². The summed E-state index contributed by atoms with van der Waals surface area (Å²) in [5, 5.41) is 7.04. The number of furan rings is 1. The molecule has 0 fully saturated rings. The summed E-state index contributed by atoms with van der Waals surface area (Å²) < 4.78 is 5.28. The molecule has 0 atom stereocenters. The topological polar surface area (TPSA) is 37.2 Å². The Labute approximate surface area is 129 Å². The van der Waals surface area contributed by atoms with Crippen molar-refractivity contribution in [3.05, 3.63) is 54.5 Å². The highest BCUT2D eigenvalue weighted by Crippen LogP contribution is 2.12. The van der Waals surface area contributed by atoms with Gasteiger partial charge in [0, 0.05) is 12.2 Å². The highest BCUT2D eigenvalue weighted by Gasteiger charge is 1.98. The Bertz CT molecular complexity index is 500. The van der Waals surface area contributed by atoms with E-state index in [-0.39, 0.29) is 0 Å². The van der Waals surface area contributed by atoms with Crippen molar-refractivity contribution >= 4 is 34.8 Å². The quantitative estimate of drug-likeness (QED) is 0.599. The van der Waals surface area contributed by atoms with Crippen molar-refractivity contribution in [3.8, 4) is 0 Å². The van der Waals surface area contributed by atoms with Crippen LogP contribution in [-0.4, -0.2) is 17.4 Å². The van der Waals surface area contributed by atoms with Gasteiger partial charge in [-0.25, -0.2) is 0 Å². The summed E-state index contributed by atoms with van der Waals surface area (Å²) in [5.74, 6) is 3.05. The average molecular weight is 306 g/mol. The predicted molar refractivity (Wildman–Crippen MR) is 90.2 cm³/mol. The number of para-hydroxylation sites is 1. The summed E-state index contributed by atoms with van der Waals surface area (Å²) >= 11 is 7.10. The minimum Gasteiger partial charge on any atom is -0.468 e. The second-order valence-corrected chi connectivity index (χ2v) is 5.75. The second kappa shape index (κ2) is 8.66. The lowest BCUT2D eigenvalue weighted by Gasteiger charge is -2.10. The van der Waals surface area contributed by atoms with Gasteiger partial charge in [-0.15, -0.1) is 0 Å². The van der Waals surface area contributed by atoms with E-state index in [4.69, 9.17) is 16.6 Å². The Kier molecular flexibility index (Phi) is 6.47. The Morgan fingerprint density at radius 2 is 2.00 bits per heavy atom. The number of anilines is 1. The average Bonchev–Trinajstić information content (AvgIpc) is 2.97. The largest absolute Gasteiger partial charge is 0.468 e. The Morgan fingerprint density at radius 1 is 1.15 bits per heavy atom. The van der Waals surface area contributed by atoms with Crippen molar-refractivity contribution < 1.29 is 4.42 Å². The fourth-order valence-electron chi connectivity index (χ4n) is 1.64. The number of benzene rings is 1. The molecule has 1 aromatic heterocycles. The molecule has 0 saturated carbocycles. The number of rotatable bonds is 7. The smallest absolute Gasteiger partial charge is 0.170 e. The molecule has 106 valence electrons. The van der Waals surface area contributed by atoms with Crippen molar-refractivity contribution in [2.75, 3.05) is 17.6 Å². The van der Waals surface area contributed by atoms with Crippen LogP contribution in [0.5, 0.6) is 0 Å². The number of hydrogen-bond acceptors (Lipinski definition) is 3. The lowest BCUT2D eigenvalue weighted by Crippen LogP contribution is -2.29. The molecule has 0 spiro atoms. The van der Waals surface area contributed by atoms with Crippen LogP contribution >= 0.6 is 24.0 Å². The molecule has 2 rings (SSSR count). The first-order valence-corrected chi connectivity index (χ1v) is 8.11. The van der Waals surface area contributed by atoms with Crippen LogP contribution in [0.4, 0.5) is 5.69 Å². The zero-order valence-electron chi connectivity index (χ0n) is 11.2. The molecule has 0 aliphatic rings. The van der Waals surface area contributed by atoms with Crippen molar-refractivity contribution in [2.45, 2.75) is 12.2 Å². The SMILES string of the molecule is S=C(NCCCSCc1ccco1)Nc1ccccc1. The summed E-state index contributed by atoms with van der Waals surface area (Å²) in [6, 6.07) is 13.9. The zero-order valence-corrected chi connectivity index (χ0v) is 12.8. The molecule has 0 unspecified atom stereocenters. The highest BCUT2D eigenvalue weighted by molar-refractivity contribution is 7.98. The highest BCUT2D eigenvalue weighted by atomic mass is 32.2. The van der Waals surface area contributed by atoms with E-state index in [2.05, 4.69) is 10.6 Å². The van der Waals surface area contributed by atoms with Gasteiger partial charge in [-0.2, -0.15) is 11.8 Å². The van der Waals surface area contributed by atoms with Crippen LogP contribution in [-0.2, 0) is 5.75 Å². The molecular weight excluding hydrogens is 288 g/mol. The molecular formula is C15H18N2OS2. The summed E-state index contributed by atoms with van der Waals surface area (Å²) in [5.41, 5.74) is 1.01. The van der Waals surface area contributed by atoms with E-state index >= 15 is 0 Å². The summed E-state index contributed by atoms with van der Waals surface area (Å²) in [6.45, 7) is 0.879. The van der Waals surface area contributed by atoms with Crippen molar-refractivity contribution in [3.63, 3.8) is 0 Å². The summed E-state index contributed by atoms with van der Waals surface area (Å²) in [6.07, 6.45) is 2.78. The van der Waals surface area contributed by atoms with Gasteiger partial charge in [-0.05, 0) is 48.7 Å². The first-order valence-electron chi connectivity index (χ1n) is 6.54. The molecule has 20 heavy (non-hydrogen) atoms. The van der Waals surface area contributed by atoms with E-state index in [9.17, 15) is 0 Å². The molecule has 3 nitrogen and oxygen atoms in total. The van der Waals surface area contributed by atoms with Gasteiger partial charge >= 0.3 is 0 Å². The van der Waals surface area contributed by atoms with Gasteiger partial charge < -0.3 is 15.1 Å². The van der Waals surface area contributed by atoms with Crippen LogP contribution in [0.15, 0.2) is 53.1 Å². The Hall–Kier alpha value is -1.46. The van der Waals surface area contributed by atoms with Crippen molar-refractivity contribution in [2.24, 2.45) is 0 Å². The molecule has 0 aliphatic heterocycles. The third-order valence-corrected chi connectivity index (χ3v) is 3.92. The minimum atomic E-state index is 0.673. The molecule has 5 heteroatoms. The predicted octanol–water partition coefficient (Wildman–Crippen LogP) is 3.89. The third kappa shape index (κ3) is 5.67.